The Labute approximate surface area is 145 Å². The molecular weight excluding hydrogens is 358 g/mol. The van der Waals surface area contributed by atoms with Crippen LogP contribution in [-0.4, -0.2) is 56.7 Å². The van der Waals surface area contributed by atoms with E-state index in [9.17, 15) is 22.0 Å². The van der Waals surface area contributed by atoms with E-state index in [0.29, 0.717) is 25.9 Å². The Kier molecular flexibility index (Phi) is 6.28. The second kappa shape index (κ2) is 8.05. The van der Waals surface area contributed by atoms with Crippen LogP contribution >= 0.6 is 0 Å². The number of sulfonamides is 1. The highest BCUT2D eigenvalue weighted by atomic mass is 32.2. The summed E-state index contributed by atoms with van der Waals surface area (Å²) >= 11 is 0. The van der Waals surface area contributed by atoms with Crippen molar-refractivity contribution in [1.29, 1.82) is 0 Å². The van der Waals surface area contributed by atoms with Gasteiger partial charge in [-0.05, 0) is 24.8 Å². The zero-order chi connectivity index (χ0) is 18.6. The molecule has 1 aromatic rings. The minimum atomic E-state index is -3.21. The van der Waals surface area contributed by atoms with Crippen LogP contribution in [0.3, 0.4) is 0 Å². The number of alkyl halides is 2. The second-order valence-corrected chi connectivity index (χ2v) is 7.80. The van der Waals surface area contributed by atoms with Crippen molar-refractivity contribution in [2.45, 2.75) is 19.3 Å². The maximum Gasteiger partial charge on any atom is 0.356 e. The SMILES string of the molecule is COC(=O)c1cc(C(F)F)c(OCC2CCN(S(C)(=O)=O)CC2)cn1. The third-order valence-corrected chi connectivity index (χ3v) is 5.35. The van der Waals surface area contributed by atoms with Gasteiger partial charge in [0, 0.05) is 13.1 Å². The standard InChI is InChI=1S/C15H20F2N2O5S/c1-23-15(20)12-7-11(14(16)17)13(8-18-12)24-9-10-3-5-19(6-4-10)25(2,21)22/h7-8,10,14H,3-6,9H2,1-2H3. The Balaban J connectivity index is 2.00. The first-order valence-corrected chi connectivity index (χ1v) is 9.51. The third-order valence-electron chi connectivity index (χ3n) is 4.04. The van der Waals surface area contributed by atoms with Gasteiger partial charge < -0.3 is 9.47 Å². The van der Waals surface area contributed by atoms with E-state index in [1.54, 1.807) is 0 Å². The van der Waals surface area contributed by atoms with Crippen molar-refractivity contribution in [3.05, 3.63) is 23.5 Å². The van der Waals surface area contributed by atoms with E-state index in [-0.39, 0.29) is 24.0 Å². The van der Waals surface area contributed by atoms with Crippen LogP contribution in [0.25, 0.3) is 0 Å². The normalized spacial score (nSPS) is 16.8. The fourth-order valence-corrected chi connectivity index (χ4v) is 3.46. The van der Waals surface area contributed by atoms with Gasteiger partial charge in [-0.25, -0.2) is 31.3 Å². The Hall–Kier alpha value is -1.81. The van der Waals surface area contributed by atoms with E-state index in [0.717, 1.165) is 25.6 Å². The summed E-state index contributed by atoms with van der Waals surface area (Å²) in [6.07, 6.45) is 0.593. The number of carbonyl (C=O) groups excluding carboxylic acids is 1. The molecule has 0 bridgehead atoms. The molecule has 7 nitrogen and oxygen atoms in total. The van der Waals surface area contributed by atoms with Gasteiger partial charge in [-0.3, -0.25) is 0 Å². The Morgan fingerprint density at radius 3 is 2.56 bits per heavy atom. The fraction of sp³-hybridized carbons (Fsp3) is 0.600. The summed E-state index contributed by atoms with van der Waals surface area (Å²) in [7, 11) is -2.07. The van der Waals surface area contributed by atoms with Crippen molar-refractivity contribution in [1.82, 2.24) is 9.29 Å². The Morgan fingerprint density at radius 1 is 1.40 bits per heavy atom. The molecule has 0 saturated carbocycles. The van der Waals surface area contributed by atoms with Gasteiger partial charge in [-0.2, -0.15) is 0 Å². The number of halogens is 2. The van der Waals surface area contributed by atoms with Crippen molar-refractivity contribution in [2.24, 2.45) is 5.92 Å². The Morgan fingerprint density at radius 2 is 2.04 bits per heavy atom. The van der Waals surface area contributed by atoms with E-state index < -0.39 is 28.0 Å². The van der Waals surface area contributed by atoms with Crippen LogP contribution in [0, 0.1) is 5.92 Å². The average Bonchev–Trinajstić information content (AvgIpc) is 2.58. The van der Waals surface area contributed by atoms with Gasteiger partial charge in [0.2, 0.25) is 10.0 Å². The van der Waals surface area contributed by atoms with E-state index >= 15 is 0 Å². The minimum absolute atomic E-state index is 0.0591. The van der Waals surface area contributed by atoms with Crippen molar-refractivity contribution in [2.75, 3.05) is 33.1 Å². The molecule has 1 aromatic heterocycles. The number of hydrogen-bond acceptors (Lipinski definition) is 6. The first kappa shape index (κ1) is 19.5. The molecule has 1 aliphatic rings. The van der Waals surface area contributed by atoms with Gasteiger partial charge in [-0.15, -0.1) is 0 Å². The topological polar surface area (TPSA) is 85.8 Å². The summed E-state index contributed by atoms with van der Waals surface area (Å²) < 4.78 is 60.6. The molecular formula is C15H20F2N2O5S. The van der Waals surface area contributed by atoms with Crippen molar-refractivity contribution >= 4 is 16.0 Å². The maximum absolute atomic E-state index is 13.2. The lowest BCUT2D eigenvalue weighted by atomic mass is 9.99. The second-order valence-electron chi connectivity index (χ2n) is 5.82. The summed E-state index contributed by atoms with van der Waals surface area (Å²) in [5.41, 5.74) is -0.643. The molecule has 0 unspecified atom stereocenters. The molecule has 2 heterocycles. The molecule has 0 atom stereocenters. The van der Waals surface area contributed by atoms with Gasteiger partial charge in [0.25, 0.3) is 6.43 Å². The number of rotatable bonds is 6. The van der Waals surface area contributed by atoms with Gasteiger partial charge >= 0.3 is 5.97 Å². The lowest BCUT2D eigenvalue weighted by Gasteiger charge is -2.30. The smallest absolute Gasteiger partial charge is 0.356 e. The number of esters is 1. The Bertz CT molecular complexity index is 719. The summed E-state index contributed by atoms with van der Waals surface area (Å²) in [5, 5.41) is 0. The van der Waals surface area contributed by atoms with Crippen LogP contribution in [0.5, 0.6) is 5.75 Å². The summed E-state index contributed by atoms with van der Waals surface area (Å²) in [5.74, 6) is -0.835. The first-order chi connectivity index (χ1) is 11.7. The van der Waals surface area contributed by atoms with Crippen LogP contribution < -0.4 is 4.74 Å². The monoisotopic (exact) mass is 378 g/mol. The molecule has 140 valence electrons. The molecule has 0 aromatic carbocycles. The lowest BCUT2D eigenvalue weighted by molar-refractivity contribution is 0.0593. The number of methoxy groups -OCH3 is 1. The van der Waals surface area contributed by atoms with Crippen molar-refractivity contribution in [3.8, 4) is 5.75 Å². The molecule has 0 amide bonds. The van der Waals surface area contributed by atoms with Crippen LogP contribution in [-0.2, 0) is 14.8 Å². The van der Waals surface area contributed by atoms with Crippen molar-refractivity contribution in [3.63, 3.8) is 0 Å². The number of carbonyl (C=O) groups is 1. The van der Waals surface area contributed by atoms with E-state index in [2.05, 4.69) is 9.72 Å². The highest BCUT2D eigenvalue weighted by Crippen LogP contribution is 2.30. The quantitative estimate of drug-likeness (QED) is 0.703. The number of pyridine rings is 1. The predicted octanol–water partition coefficient (Wildman–Crippen LogP) is 1.86. The third kappa shape index (κ3) is 5.08. The van der Waals surface area contributed by atoms with Gasteiger partial charge in [0.1, 0.15) is 11.4 Å². The van der Waals surface area contributed by atoms with Crippen LogP contribution in [0.1, 0.15) is 35.3 Å². The highest BCUT2D eigenvalue weighted by molar-refractivity contribution is 7.88. The van der Waals surface area contributed by atoms with E-state index in [1.807, 2.05) is 0 Å². The molecule has 25 heavy (non-hydrogen) atoms. The highest BCUT2D eigenvalue weighted by Gasteiger charge is 2.26. The number of nitrogens with zero attached hydrogens (tertiary/aromatic N) is 2. The molecule has 1 aliphatic heterocycles. The zero-order valence-electron chi connectivity index (χ0n) is 13.9. The molecule has 1 fully saturated rings. The van der Waals surface area contributed by atoms with Crippen LogP contribution in [0.15, 0.2) is 12.3 Å². The van der Waals surface area contributed by atoms with Crippen molar-refractivity contribution < 1.29 is 31.5 Å². The van der Waals surface area contributed by atoms with E-state index in [1.165, 1.54) is 4.31 Å². The number of ether oxygens (including phenoxy) is 2. The molecule has 1 saturated heterocycles. The van der Waals surface area contributed by atoms with Gasteiger partial charge in [0.05, 0.1) is 31.7 Å². The van der Waals surface area contributed by atoms with E-state index in [4.69, 9.17) is 4.74 Å². The van der Waals surface area contributed by atoms with Crippen LogP contribution in [0.2, 0.25) is 0 Å². The lowest BCUT2D eigenvalue weighted by Crippen LogP contribution is -2.39. The molecule has 2 rings (SSSR count). The predicted molar refractivity (Wildman–Crippen MR) is 85.2 cm³/mol. The van der Waals surface area contributed by atoms with Gasteiger partial charge in [0.15, 0.2) is 0 Å². The summed E-state index contributed by atoms with van der Waals surface area (Å²) in [6, 6.07) is 0.956. The maximum atomic E-state index is 13.2. The molecule has 0 aliphatic carbocycles. The van der Waals surface area contributed by atoms with Gasteiger partial charge in [-0.1, -0.05) is 0 Å². The number of aromatic nitrogens is 1. The number of hydrogen-bond donors (Lipinski definition) is 0. The average molecular weight is 378 g/mol. The first-order valence-electron chi connectivity index (χ1n) is 7.66. The largest absolute Gasteiger partial charge is 0.491 e. The minimum Gasteiger partial charge on any atom is -0.491 e. The summed E-state index contributed by atoms with van der Waals surface area (Å²) in [4.78, 5) is 15.2. The molecule has 0 spiro atoms. The summed E-state index contributed by atoms with van der Waals surface area (Å²) in [6.45, 7) is 0.943. The number of piperidine rings is 1. The molecule has 10 heteroatoms. The molecule has 0 N–H and O–H groups in total. The molecule has 0 radical (unpaired) electrons. The van der Waals surface area contributed by atoms with Crippen LogP contribution in [0.4, 0.5) is 8.78 Å². The fourth-order valence-electron chi connectivity index (χ4n) is 2.58. The zero-order valence-corrected chi connectivity index (χ0v) is 14.8.